The van der Waals surface area contributed by atoms with Crippen LogP contribution in [0.25, 0.3) is 0 Å². The largest absolute Gasteiger partial charge is 1.00 e. The predicted octanol–water partition coefficient (Wildman–Crippen LogP) is -5.93. The second-order valence-corrected chi connectivity index (χ2v) is 1.96. The Labute approximate surface area is 136 Å². The van der Waals surface area contributed by atoms with Gasteiger partial charge < -0.3 is 30.9 Å². The molecule has 0 rings (SSSR count). The number of hydrogen-bond donors (Lipinski definition) is 2. The van der Waals surface area contributed by atoms with Gasteiger partial charge >= 0.3 is 71.1 Å². The van der Waals surface area contributed by atoms with Crippen molar-refractivity contribution in [3.63, 3.8) is 0 Å². The van der Waals surface area contributed by atoms with Gasteiger partial charge in [0.05, 0.1) is 0 Å². The number of rotatable bonds is 2. The second kappa shape index (κ2) is 14.9. The van der Waals surface area contributed by atoms with E-state index in [1.54, 1.807) is 0 Å². The van der Waals surface area contributed by atoms with Crippen LogP contribution in [0.4, 0.5) is 0 Å². The van der Waals surface area contributed by atoms with Crippen LogP contribution in [0.3, 0.4) is 0 Å². The average molecular weight is 250 g/mol. The molecule has 0 aliphatic heterocycles. The molecule has 10 heteroatoms. The van der Waals surface area contributed by atoms with Crippen molar-refractivity contribution in [2.75, 3.05) is 0 Å². The van der Waals surface area contributed by atoms with Gasteiger partial charge in [-0.25, -0.2) is 9.59 Å². The topological polar surface area (TPSA) is 145 Å². The summed E-state index contributed by atoms with van der Waals surface area (Å²) in [6.07, 6.45) is 0. The molecule has 0 aromatic rings. The predicted molar refractivity (Wildman–Crippen MR) is 48.2 cm³/mol. The summed E-state index contributed by atoms with van der Waals surface area (Å²) in [6, 6.07) is 0. The van der Waals surface area contributed by atoms with Gasteiger partial charge in [-0.05, 0) is 13.8 Å². The van der Waals surface area contributed by atoms with Crippen LogP contribution in [0.1, 0.15) is 13.8 Å². The molecule has 0 aromatic carbocycles. The van der Waals surface area contributed by atoms with Crippen LogP contribution < -0.4 is 59.1 Å². The molecule has 0 amide bonds. The zero-order chi connectivity index (χ0) is 11.7. The summed E-state index contributed by atoms with van der Waals surface area (Å²) < 4.78 is 0. The summed E-state index contributed by atoms with van der Waals surface area (Å²) in [5, 5.41) is 38.6. The van der Waals surface area contributed by atoms with Crippen LogP contribution in [0.5, 0.6) is 0 Å². The van der Waals surface area contributed by atoms with Gasteiger partial charge in [-0.2, -0.15) is 0 Å². The molecule has 0 radical (unpaired) electrons. The van der Waals surface area contributed by atoms with Crippen molar-refractivity contribution in [1.29, 1.82) is 0 Å². The molecule has 0 atom stereocenters. The Kier molecular flexibility index (Phi) is 23.2. The molecule has 0 unspecified atom stereocenters. The number of hydrogen-bond acceptors (Lipinski definition) is 6. The van der Waals surface area contributed by atoms with E-state index in [4.69, 9.17) is 10.2 Å². The number of aliphatic carboxylic acids is 2. The molecule has 2 N–H and O–H groups in total. The molecule has 80 valence electrons. The summed E-state index contributed by atoms with van der Waals surface area (Å²) >= 11 is 0. The molecule has 0 aliphatic rings. The minimum atomic E-state index is -1.27. The molecular formula is C6H8N2Na2O6. The van der Waals surface area contributed by atoms with E-state index in [1.807, 2.05) is 0 Å². The standard InChI is InChI=1S/2C3H5NO3.2Na/c2*1-2(4-7)3(5)6;;/h2*7H,1H3,(H,5,6);;/q;;2*+1/p-2. The van der Waals surface area contributed by atoms with E-state index in [2.05, 4.69) is 10.3 Å². The maximum absolute atomic E-state index is 9.60. The number of carbonyl (C=O) groups is 2. The van der Waals surface area contributed by atoms with Crippen LogP contribution in [0, 0.1) is 10.4 Å². The molecule has 0 aromatic heterocycles. The van der Waals surface area contributed by atoms with Crippen molar-refractivity contribution < 1.29 is 78.9 Å². The van der Waals surface area contributed by atoms with Crippen molar-refractivity contribution in [1.82, 2.24) is 0 Å². The monoisotopic (exact) mass is 250 g/mol. The Balaban J connectivity index is -0.0000000800. The molecule has 0 fully saturated rings. The quantitative estimate of drug-likeness (QED) is 0.283. The van der Waals surface area contributed by atoms with Crippen molar-refractivity contribution in [3.05, 3.63) is 10.4 Å². The van der Waals surface area contributed by atoms with Crippen LogP contribution in [0.2, 0.25) is 0 Å². The fourth-order valence-electron chi connectivity index (χ4n) is 0.0781. The first-order chi connectivity index (χ1) is 6.36. The van der Waals surface area contributed by atoms with Gasteiger partial charge in [0.2, 0.25) is 0 Å². The summed E-state index contributed by atoms with van der Waals surface area (Å²) in [7, 11) is 0. The van der Waals surface area contributed by atoms with Crippen LogP contribution in [0.15, 0.2) is 10.3 Å². The Morgan fingerprint density at radius 2 is 1.06 bits per heavy atom. The molecule has 16 heavy (non-hydrogen) atoms. The van der Waals surface area contributed by atoms with E-state index in [1.165, 1.54) is 0 Å². The smallest absolute Gasteiger partial charge is 0.792 e. The Morgan fingerprint density at radius 3 is 1.06 bits per heavy atom. The molecule has 0 saturated heterocycles. The van der Waals surface area contributed by atoms with Crippen molar-refractivity contribution in [2.45, 2.75) is 13.8 Å². The van der Waals surface area contributed by atoms with Gasteiger partial charge in [0.1, 0.15) is 11.4 Å². The zero-order valence-electron chi connectivity index (χ0n) is 9.42. The van der Waals surface area contributed by atoms with Gasteiger partial charge in [-0.15, -0.1) is 0 Å². The van der Waals surface area contributed by atoms with E-state index in [0.717, 1.165) is 13.8 Å². The first kappa shape index (κ1) is 24.9. The number of nitrogens with zero attached hydrogens (tertiary/aromatic N) is 2. The summed E-state index contributed by atoms with van der Waals surface area (Å²) in [4.78, 5) is 19.2. The van der Waals surface area contributed by atoms with Crippen molar-refractivity contribution in [2.24, 2.45) is 10.3 Å². The SMILES string of the molecule is CC(=N[O-])C(=O)O.CC(=N[O-])C(=O)O.[Na+].[Na+]. The fourth-order valence-corrected chi connectivity index (χ4v) is 0.0781. The van der Waals surface area contributed by atoms with Crippen LogP contribution in [-0.2, 0) is 9.59 Å². The maximum atomic E-state index is 9.60. The summed E-state index contributed by atoms with van der Waals surface area (Å²) in [5.41, 5.74) is -0.833. The minimum absolute atomic E-state index is 0. The van der Waals surface area contributed by atoms with E-state index < -0.39 is 23.4 Å². The molecule has 0 heterocycles. The molecule has 8 nitrogen and oxygen atoms in total. The Hall–Kier alpha value is -0.120. The summed E-state index contributed by atoms with van der Waals surface area (Å²) in [6.45, 7) is 2.27. The second-order valence-electron chi connectivity index (χ2n) is 1.96. The minimum Gasteiger partial charge on any atom is -0.792 e. The first-order valence-electron chi connectivity index (χ1n) is 3.17. The molecular weight excluding hydrogens is 242 g/mol. The molecule has 0 spiro atoms. The van der Waals surface area contributed by atoms with E-state index in [-0.39, 0.29) is 59.1 Å². The number of carboxylic acids is 2. The fraction of sp³-hybridized carbons (Fsp3) is 0.333. The van der Waals surface area contributed by atoms with Crippen molar-refractivity contribution in [3.8, 4) is 0 Å². The zero-order valence-corrected chi connectivity index (χ0v) is 13.4. The maximum Gasteiger partial charge on any atom is 1.00 e. The van der Waals surface area contributed by atoms with E-state index >= 15 is 0 Å². The number of carboxylic acid groups (broad SMARTS) is 2. The van der Waals surface area contributed by atoms with E-state index in [9.17, 15) is 20.0 Å². The van der Waals surface area contributed by atoms with Gasteiger partial charge in [0.25, 0.3) is 0 Å². The van der Waals surface area contributed by atoms with Crippen LogP contribution in [-0.4, -0.2) is 33.6 Å². The van der Waals surface area contributed by atoms with Crippen molar-refractivity contribution >= 4 is 23.4 Å². The molecule has 0 aliphatic carbocycles. The van der Waals surface area contributed by atoms with Gasteiger partial charge in [0.15, 0.2) is 0 Å². The van der Waals surface area contributed by atoms with Gasteiger partial charge in [-0.1, -0.05) is 0 Å². The Morgan fingerprint density at radius 1 is 0.875 bits per heavy atom. The first-order valence-corrected chi connectivity index (χ1v) is 3.17. The normalized spacial score (nSPS) is 9.88. The van der Waals surface area contributed by atoms with Crippen LogP contribution >= 0.6 is 0 Å². The third kappa shape index (κ3) is 16.3. The third-order valence-electron chi connectivity index (χ3n) is 0.893. The summed E-state index contributed by atoms with van der Waals surface area (Å²) in [5.74, 6) is -2.54. The third-order valence-corrected chi connectivity index (χ3v) is 0.893. The van der Waals surface area contributed by atoms with E-state index in [0.29, 0.717) is 0 Å². The molecule has 0 saturated carbocycles. The average Bonchev–Trinajstić information content (AvgIpc) is 2.15. The Bertz CT molecular complexity index is 250. The van der Waals surface area contributed by atoms with Gasteiger partial charge in [-0.3, -0.25) is 0 Å². The van der Waals surface area contributed by atoms with Gasteiger partial charge in [0, 0.05) is 0 Å². The molecule has 0 bridgehead atoms.